The smallest absolute Gasteiger partial charge is 0.191 e. The van der Waals surface area contributed by atoms with Crippen molar-refractivity contribution in [2.75, 3.05) is 38.2 Å². The minimum Gasteiger partial charge on any atom is -0.375 e. The van der Waals surface area contributed by atoms with Crippen LogP contribution in [0.3, 0.4) is 0 Å². The van der Waals surface area contributed by atoms with Crippen molar-refractivity contribution in [3.05, 3.63) is 34.9 Å². The van der Waals surface area contributed by atoms with Crippen LogP contribution in [0.2, 0.25) is 5.02 Å². The first-order valence-corrected chi connectivity index (χ1v) is 8.15. The third kappa shape index (κ3) is 4.30. The van der Waals surface area contributed by atoms with Crippen molar-refractivity contribution in [3.8, 4) is 0 Å². The van der Waals surface area contributed by atoms with Crippen molar-refractivity contribution >= 4 is 29.3 Å². The largest absolute Gasteiger partial charge is 0.375 e. The standard InChI is InChI=1S/C14H20ClN3OS/c1-19-13(11-2-4-12(15)5-3-11)10-17-14(16)18-6-8-20-9-7-18/h2-5,13H,6-10H2,1H3,(H2,16,17). The summed E-state index contributed by atoms with van der Waals surface area (Å²) in [4.78, 5) is 6.60. The third-order valence-electron chi connectivity index (χ3n) is 3.28. The van der Waals surface area contributed by atoms with Gasteiger partial charge in [-0.15, -0.1) is 0 Å². The van der Waals surface area contributed by atoms with E-state index in [0.717, 1.165) is 35.2 Å². The van der Waals surface area contributed by atoms with Crippen LogP contribution in [0.5, 0.6) is 0 Å². The average Bonchev–Trinajstić information content (AvgIpc) is 2.50. The van der Waals surface area contributed by atoms with E-state index in [9.17, 15) is 0 Å². The van der Waals surface area contributed by atoms with Gasteiger partial charge in [0, 0.05) is 36.7 Å². The summed E-state index contributed by atoms with van der Waals surface area (Å²) in [6.45, 7) is 2.46. The number of aliphatic imine (C=N–C) groups is 1. The number of guanidine groups is 1. The van der Waals surface area contributed by atoms with Crippen LogP contribution in [0.4, 0.5) is 0 Å². The van der Waals surface area contributed by atoms with Crippen molar-refractivity contribution in [2.45, 2.75) is 6.10 Å². The number of nitrogens with zero attached hydrogens (tertiary/aromatic N) is 2. The third-order valence-corrected chi connectivity index (χ3v) is 4.47. The van der Waals surface area contributed by atoms with Gasteiger partial charge in [0.1, 0.15) is 6.10 Å². The number of hydrogen-bond donors (Lipinski definition) is 1. The summed E-state index contributed by atoms with van der Waals surface area (Å²) >= 11 is 7.85. The normalized spacial score (nSPS) is 18.1. The van der Waals surface area contributed by atoms with Gasteiger partial charge in [0.15, 0.2) is 5.96 Å². The lowest BCUT2D eigenvalue weighted by atomic mass is 10.1. The molecule has 20 heavy (non-hydrogen) atoms. The maximum atomic E-state index is 6.04. The Morgan fingerprint density at radius 1 is 1.40 bits per heavy atom. The van der Waals surface area contributed by atoms with Crippen LogP contribution in [-0.2, 0) is 4.74 Å². The SMILES string of the molecule is COC(CN=C(N)N1CCSCC1)c1ccc(Cl)cc1. The predicted octanol–water partition coefficient (Wildman–Crippen LogP) is 2.39. The zero-order chi connectivity index (χ0) is 14.4. The lowest BCUT2D eigenvalue weighted by Crippen LogP contribution is -2.42. The van der Waals surface area contributed by atoms with E-state index in [1.54, 1.807) is 7.11 Å². The molecule has 1 unspecified atom stereocenters. The minimum absolute atomic E-state index is 0.0926. The zero-order valence-electron chi connectivity index (χ0n) is 11.6. The van der Waals surface area contributed by atoms with E-state index in [0.29, 0.717) is 12.5 Å². The second-order valence-corrected chi connectivity index (χ2v) is 6.24. The molecular formula is C14H20ClN3OS. The van der Waals surface area contributed by atoms with E-state index in [4.69, 9.17) is 22.1 Å². The van der Waals surface area contributed by atoms with E-state index < -0.39 is 0 Å². The number of halogens is 1. The molecular weight excluding hydrogens is 294 g/mol. The van der Waals surface area contributed by atoms with Crippen LogP contribution >= 0.6 is 23.4 Å². The monoisotopic (exact) mass is 313 g/mol. The summed E-state index contributed by atoms with van der Waals surface area (Å²) < 4.78 is 5.49. The topological polar surface area (TPSA) is 50.9 Å². The molecule has 1 atom stereocenters. The van der Waals surface area contributed by atoms with Crippen LogP contribution in [-0.4, -0.2) is 49.1 Å². The molecule has 0 radical (unpaired) electrons. The highest BCUT2D eigenvalue weighted by atomic mass is 35.5. The molecule has 1 heterocycles. The highest BCUT2D eigenvalue weighted by molar-refractivity contribution is 7.99. The predicted molar refractivity (Wildman–Crippen MR) is 86.6 cm³/mol. The molecule has 6 heteroatoms. The Bertz CT molecular complexity index is 446. The molecule has 4 nitrogen and oxygen atoms in total. The Balaban J connectivity index is 1.97. The Hall–Kier alpha value is -0.910. The van der Waals surface area contributed by atoms with Gasteiger partial charge < -0.3 is 15.4 Å². The van der Waals surface area contributed by atoms with Crippen LogP contribution in [0.1, 0.15) is 11.7 Å². The summed E-state index contributed by atoms with van der Waals surface area (Å²) in [6, 6.07) is 7.63. The van der Waals surface area contributed by atoms with Gasteiger partial charge in [-0.1, -0.05) is 23.7 Å². The number of hydrogen-bond acceptors (Lipinski definition) is 3. The molecule has 0 spiro atoms. The van der Waals surface area contributed by atoms with E-state index in [2.05, 4.69) is 9.89 Å². The summed E-state index contributed by atoms with van der Waals surface area (Å²) in [6.07, 6.45) is -0.0926. The van der Waals surface area contributed by atoms with Gasteiger partial charge >= 0.3 is 0 Å². The van der Waals surface area contributed by atoms with E-state index in [1.807, 2.05) is 36.0 Å². The second-order valence-electron chi connectivity index (χ2n) is 4.57. The lowest BCUT2D eigenvalue weighted by Gasteiger charge is -2.27. The number of thioether (sulfide) groups is 1. The molecule has 0 amide bonds. The molecule has 0 aromatic heterocycles. The molecule has 2 rings (SSSR count). The summed E-state index contributed by atoms with van der Waals surface area (Å²) in [5.74, 6) is 2.84. The Kier molecular flexibility index (Phi) is 6.01. The number of methoxy groups -OCH3 is 1. The van der Waals surface area contributed by atoms with Gasteiger partial charge in [0.2, 0.25) is 0 Å². The number of rotatable bonds is 4. The molecule has 0 aliphatic carbocycles. The summed E-state index contributed by atoms with van der Waals surface area (Å²) in [7, 11) is 1.68. The molecule has 0 bridgehead atoms. The van der Waals surface area contributed by atoms with Crippen molar-refractivity contribution in [1.29, 1.82) is 0 Å². The van der Waals surface area contributed by atoms with Gasteiger partial charge in [-0.3, -0.25) is 4.99 Å². The Labute approximate surface area is 129 Å². The van der Waals surface area contributed by atoms with Crippen LogP contribution in [0.15, 0.2) is 29.3 Å². The second kappa shape index (κ2) is 7.76. The van der Waals surface area contributed by atoms with Crippen molar-refractivity contribution in [1.82, 2.24) is 4.90 Å². The number of ether oxygens (including phenoxy) is 1. The van der Waals surface area contributed by atoms with E-state index >= 15 is 0 Å². The molecule has 1 aromatic carbocycles. The van der Waals surface area contributed by atoms with E-state index in [-0.39, 0.29) is 6.10 Å². The highest BCUT2D eigenvalue weighted by Gasteiger charge is 2.14. The molecule has 1 aliphatic heterocycles. The fraction of sp³-hybridized carbons (Fsp3) is 0.500. The zero-order valence-corrected chi connectivity index (χ0v) is 13.2. The quantitative estimate of drug-likeness (QED) is 0.685. The molecule has 1 aromatic rings. The van der Waals surface area contributed by atoms with E-state index in [1.165, 1.54) is 0 Å². The fourth-order valence-corrected chi connectivity index (χ4v) is 3.09. The summed E-state index contributed by atoms with van der Waals surface area (Å²) in [5.41, 5.74) is 7.10. The van der Waals surface area contributed by atoms with Crippen LogP contribution in [0.25, 0.3) is 0 Å². The minimum atomic E-state index is -0.0926. The molecule has 1 saturated heterocycles. The highest BCUT2D eigenvalue weighted by Crippen LogP contribution is 2.19. The van der Waals surface area contributed by atoms with Crippen molar-refractivity contribution in [3.63, 3.8) is 0 Å². The Morgan fingerprint density at radius 2 is 2.05 bits per heavy atom. The molecule has 1 aliphatic rings. The van der Waals surface area contributed by atoms with Crippen molar-refractivity contribution in [2.24, 2.45) is 10.7 Å². The fourth-order valence-electron chi connectivity index (χ4n) is 2.06. The molecule has 110 valence electrons. The van der Waals surface area contributed by atoms with Gasteiger partial charge in [0.25, 0.3) is 0 Å². The lowest BCUT2D eigenvalue weighted by molar-refractivity contribution is 0.110. The summed E-state index contributed by atoms with van der Waals surface area (Å²) in [5, 5.41) is 0.720. The maximum absolute atomic E-state index is 6.04. The molecule has 0 saturated carbocycles. The number of nitrogens with two attached hydrogens (primary N) is 1. The van der Waals surface area contributed by atoms with Crippen molar-refractivity contribution < 1.29 is 4.74 Å². The molecule has 1 fully saturated rings. The number of benzene rings is 1. The maximum Gasteiger partial charge on any atom is 0.191 e. The van der Waals surface area contributed by atoms with Gasteiger partial charge in [-0.05, 0) is 17.7 Å². The first-order chi connectivity index (χ1) is 9.70. The first kappa shape index (κ1) is 15.5. The van der Waals surface area contributed by atoms with Crippen LogP contribution in [0, 0.1) is 0 Å². The van der Waals surface area contributed by atoms with Crippen LogP contribution < -0.4 is 5.73 Å². The Morgan fingerprint density at radius 3 is 2.65 bits per heavy atom. The van der Waals surface area contributed by atoms with Gasteiger partial charge in [-0.25, -0.2) is 0 Å². The van der Waals surface area contributed by atoms with Gasteiger partial charge in [0.05, 0.1) is 6.54 Å². The average molecular weight is 314 g/mol. The first-order valence-electron chi connectivity index (χ1n) is 6.61. The van der Waals surface area contributed by atoms with Gasteiger partial charge in [-0.2, -0.15) is 11.8 Å². The molecule has 2 N–H and O–H groups in total.